The number of hydrogen-bond donors (Lipinski definition) is 1. The van der Waals surface area contributed by atoms with Crippen molar-refractivity contribution in [2.75, 3.05) is 27.7 Å². The van der Waals surface area contributed by atoms with Crippen molar-refractivity contribution in [3.63, 3.8) is 0 Å². The summed E-state index contributed by atoms with van der Waals surface area (Å²) < 4.78 is 62.9. The maximum atomic E-state index is 10.7. The summed E-state index contributed by atoms with van der Waals surface area (Å²) in [5.74, 6) is 0.725. The van der Waals surface area contributed by atoms with Crippen molar-refractivity contribution in [3.8, 4) is 0 Å². The molecule has 5 nitrogen and oxygen atoms in total. The predicted octanol–water partition coefficient (Wildman–Crippen LogP) is 3.73. The van der Waals surface area contributed by atoms with Gasteiger partial charge in [0.2, 0.25) is 0 Å². The van der Waals surface area contributed by atoms with Crippen LogP contribution in [-0.4, -0.2) is 51.1 Å². The molecule has 0 aliphatic heterocycles. The average molecular weight is 383 g/mol. The van der Waals surface area contributed by atoms with Crippen LogP contribution in [0.1, 0.15) is 18.1 Å². The second-order valence-electron chi connectivity index (χ2n) is 5.07. The van der Waals surface area contributed by atoms with E-state index in [1.807, 2.05) is 57.2 Å². The molecule has 0 unspecified atom stereocenters. The van der Waals surface area contributed by atoms with Gasteiger partial charge in [0.05, 0.1) is 6.61 Å². The molecule has 0 aromatic heterocycles. The molecule has 9 heteroatoms. The monoisotopic (exact) mass is 383 g/mol. The van der Waals surface area contributed by atoms with Gasteiger partial charge >= 0.3 is 15.6 Å². The van der Waals surface area contributed by atoms with E-state index >= 15 is 0 Å². The van der Waals surface area contributed by atoms with Gasteiger partial charge in [-0.2, -0.15) is 21.6 Å². The fourth-order valence-electron chi connectivity index (χ4n) is 1.09. The third-order valence-corrected chi connectivity index (χ3v) is 2.64. The summed E-state index contributed by atoms with van der Waals surface area (Å²) in [5, 5.41) is 0. The van der Waals surface area contributed by atoms with E-state index in [-0.39, 0.29) is 0 Å². The Kier molecular flexibility index (Phi) is 11.9. The zero-order valence-electron chi connectivity index (χ0n) is 14.9. The first kappa shape index (κ1) is 25.4. The molecule has 0 radical (unpaired) electrons. The Morgan fingerprint density at radius 1 is 1.24 bits per heavy atom. The predicted molar refractivity (Wildman–Crippen MR) is 92.6 cm³/mol. The Morgan fingerprint density at radius 2 is 1.60 bits per heavy atom. The molecule has 0 spiro atoms. The Labute approximate surface area is 147 Å². The van der Waals surface area contributed by atoms with Gasteiger partial charge in [0.1, 0.15) is 0 Å². The summed E-state index contributed by atoms with van der Waals surface area (Å²) in [4.78, 5) is 2.00. The number of aryl methyl sites for hydroxylation is 1. The lowest BCUT2D eigenvalue weighted by Crippen LogP contribution is -2.21. The van der Waals surface area contributed by atoms with Crippen LogP contribution in [-0.2, 0) is 14.9 Å². The lowest BCUT2D eigenvalue weighted by Gasteiger charge is -2.05. The molecular formula is C16H24F3NO4S. The van der Waals surface area contributed by atoms with Crippen LogP contribution in [0.5, 0.6) is 0 Å². The number of halogens is 3. The fraction of sp³-hybridized carbons (Fsp3) is 0.438. The molecule has 144 valence electrons. The molecule has 0 aliphatic carbocycles. The van der Waals surface area contributed by atoms with Crippen molar-refractivity contribution in [1.82, 2.24) is 4.90 Å². The van der Waals surface area contributed by atoms with E-state index in [1.54, 1.807) is 0 Å². The lowest BCUT2D eigenvalue weighted by molar-refractivity contribution is -0.0510. The molecule has 1 aromatic rings. The molecule has 0 bridgehead atoms. The van der Waals surface area contributed by atoms with Gasteiger partial charge in [-0.1, -0.05) is 42.1 Å². The topological polar surface area (TPSA) is 66.8 Å². The zero-order chi connectivity index (χ0) is 20.3. The summed E-state index contributed by atoms with van der Waals surface area (Å²) >= 11 is 0. The minimum atomic E-state index is -5.84. The highest BCUT2D eigenvalue weighted by Crippen LogP contribution is 2.20. The van der Waals surface area contributed by atoms with Crippen LogP contribution in [0.2, 0.25) is 0 Å². The van der Waals surface area contributed by atoms with Gasteiger partial charge in [-0.15, -0.1) is 0 Å². The molecule has 0 amide bonds. The van der Waals surface area contributed by atoms with Crippen molar-refractivity contribution in [2.45, 2.75) is 19.4 Å². The highest BCUT2D eigenvalue weighted by Gasteiger charge is 2.44. The summed E-state index contributed by atoms with van der Waals surface area (Å²) in [6.07, 6.45) is 0. The zero-order valence-corrected chi connectivity index (χ0v) is 15.7. The van der Waals surface area contributed by atoms with Crippen LogP contribution in [0.15, 0.2) is 36.6 Å². The van der Waals surface area contributed by atoms with Gasteiger partial charge in [-0.25, -0.2) is 0 Å². The quantitative estimate of drug-likeness (QED) is 0.373. The lowest BCUT2D eigenvalue weighted by atomic mass is 10.1. The first-order valence-corrected chi connectivity index (χ1v) is 8.44. The average Bonchev–Trinajstić information content (AvgIpc) is 2.44. The molecule has 1 aromatic carbocycles. The number of benzene rings is 1. The highest BCUT2D eigenvalue weighted by molar-refractivity contribution is 7.86. The molecule has 1 N–H and O–H groups in total. The van der Waals surface area contributed by atoms with Gasteiger partial charge in [-0.3, -0.25) is 4.55 Å². The minimum absolute atomic E-state index is 0.645. The van der Waals surface area contributed by atoms with Crippen LogP contribution < -0.4 is 0 Å². The van der Waals surface area contributed by atoms with Gasteiger partial charge in [-0.05, 0) is 35.0 Å². The normalized spacial score (nSPS) is 10.6. The smallest absolute Gasteiger partial charge is 0.486 e. The Morgan fingerprint density at radius 3 is 1.84 bits per heavy atom. The van der Waals surface area contributed by atoms with Gasteiger partial charge in [0, 0.05) is 5.56 Å². The number of hydrogen-bond acceptors (Lipinski definition) is 4. The molecule has 25 heavy (non-hydrogen) atoms. The molecule has 0 fully saturated rings. The highest BCUT2D eigenvalue weighted by atomic mass is 32.2. The molecule has 0 saturated carbocycles. The van der Waals surface area contributed by atoms with Crippen LogP contribution in [0, 0.1) is 6.92 Å². The maximum absolute atomic E-state index is 10.7. The fourth-order valence-corrected chi connectivity index (χ4v) is 1.09. The molecule has 0 heterocycles. The van der Waals surface area contributed by atoms with Crippen molar-refractivity contribution in [3.05, 3.63) is 47.7 Å². The molecule has 0 atom stereocenters. The van der Waals surface area contributed by atoms with Gasteiger partial charge in [0.25, 0.3) is 0 Å². The number of rotatable bonds is 3. The first-order valence-electron chi connectivity index (χ1n) is 7.00. The van der Waals surface area contributed by atoms with Gasteiger partial charge in [0.15, 0.2) is 5.76 Å². The summed E-state index contributed by atoms with van der Waals surface area (Å²) in [6.45, 7) is 8.24. The van der Waals surface area contributed by atoms with E-state index < -0.39 is 15.6 Å². The van der Waals surface area contributed by atoms with E-state index in [1.165, 1.54) is 5.56 Å². The van der Waals surface area contributed by atoms with Crippen molar-refractivity contribution < 1.29 is 30.9 Å². The van der Waals surface area contributed by atoms with E-state index in [2.05, 4.69) is 19.2 Å². The number of ether oxygens (including phenoxy) is 1. The Bertz CT molecular complexity index is 644. The Hall–Kier alpha value is -1.80. The van der Waals surface area contributed by atoms with Crippen molar-refractivity contribution in [1.29, 1.82) is 0 Å². The van der Waals surface area contributed by atoms with Crippen LogP contribution in [0.25, 0.3) is 5.76 Å². The summed E-state index contributed by atoms with van der Waals surface area (Å²) in [7, 11) is 0.160. The third kappa shape index (κ3) is 13.2. The summed E-state index contributed by atoms with van der Waals surface area (Å²) in [5.41, 5.74) is -0.482. The van der Waals surface area contributed by atoms with Crippen molar-refractivity contribution in [2.24, 2.45) is 0 Å². The molecule has 1 rings (SSSR count). The minimum Gasteiger partial charge on any atom is -0.486 e. The van der Waals surface area contributed by atoms with E-state index in [0.29, 0.717) is 6.61 Å². The molecular weight excluding hydrogens is 359 g/mol. The first-order chi connectivity index (χ1) is 11.3. The molecule has 0 aliphatic rings. The van der Waals surface area contributed by atoms with E-state index in [0.717, 1.165) is 11.3 Å². The maximum Gasteiger partial charge on any atom is 0.522 e. The standard InChI is InChI=1S/C12H14O.C3H9N.CHF3O3S/c1-4-12(13-5-2)11-8-6-10(3)7-9-11;1-4(2)3;2-1(3,4)8(5,6)7/h6-9H,1,5H2,2-3H3;1-3H3;(H,5,6,7). The van der Waals surface area contributed by atoms with Gasteiger partial charge < -0.3 is 9.64 Å². The van der Waals surface area contributed by atoms with E-state index in [9.17, 15) is 13.2 Å². The van der Waals surface area contributed by atoms with Crippen LogP contribution >= 0.6 is 0 Å². The Balaban J connectivity index is 0. The molecule has 0 saturated heterocycles. The number of nitrogens with zero attached hydrogens (tertiary/aromatic N) is 1. The van der Waals surface area contributed by atoms with E-state index in [4.69, 9.17) is 17.7 Å². The second kappa shape index (κ2) is 11.7. The third-order valence-electron chi connectivity index (χ3n) is 2.06. The van der Waals surface area contributed by atoms with Crippen LogP contribution in [0.3, 0.4) is 0 Å². The van der Waals surface area contributed by atoms with Crippen LogP contribution in [0.4, 0.5) is 13.2 Å². The SMILES string of the molecule is C=C=C(OCC)c1ccc(C)cc1.CN(C)C.O=S(=O)(O)C(F)(F)F. The number of alkyl halides is 3. The second-order valence-corrected chi connectivity index (χ2v) is 6.48. The largest absolute Gasteiger partial charge is 0.522 e. The van der Waals surface area contributed by atoms with Crippen molar-refractivity contribution >= 4 is 15.9 Å². The summed E-state index contributed by atoms with van der Waals surface area (Å²) in [6, 6.07) is 8.12.